The minimum Gasteiger partial charge on any atom is -0.379 e. The van der Waals surface area contributed by atoms with Crippen LogP contribution in [0.25, 0.3) is 0 Å². The summed E-state index contributed by atoms with van der Waals surface area (Å²) in [6.45, 7) is 5.08. The number of carbonyl (C=O) groups is 1. The first-order valence-electron chi connectivity index (χ1n) is 6.75. The van der Waals surface area contributed by atoms with Crippen LogP contribution in [0.3, 0.4) is 0 Å². The summed E-state index contributed by atoms with van der Waals surface area (Å²) in [5.41, 5.74) is -0.0424. The molecule has 21 heavy (non-hydrogen) atoms. The van der Waals surface area contributed by atoms with Crippen molar-refractivity contribution in [2.45, 2.75) is 32.8 Å². The van der Waals surface area contributed by atoms with E-state index in [0.717, 1.165) is 12.8 Å². The maximum absolute atomic E-state index is 11.9. The smallest absolute Gasteiger partial charge is 0.288 e. The highest BCUT2D eigenvalue weighted by atomic mass is 35.5. The Morgan fingerprint density at radius 3 is 2.76 bits per heavy atom. The van der Waals surface area contributed by atoms with E-state index in [1.807, 2.05) is 13.8 Å². The van der Waals surface area contributed by atoms with Gasteiger partial charge in [0.1, 0.15) is 5.02 Å². The maximum atomic E-state index is 11.9. The van der Waals surface area contributed by atoms with E-state index < -0.39 is 4.92 Å². The van der Waals surface area contributed by atoms with Crippen molar-refractivity contribution in [3.05, 3.63) is 38.9 Å². The first-order valence-corrected chi connectivity index (χ1v) is 7.13. The Morgan fingerprint density at radius 2 is 2.14 bits per heavy atom. The van der Waals surface area contributed by atoms with Crippen molar-refractivity contribution >= 4 is 23.2 Å². The Labute approximate surface area is 128 Å². The fraction of sp³-hybridized carbons (Fsp3) is 0.500. The quantitative estimate of drug-likeness (QED) is 0.454. The predicted octanol–water partition coefficient (Wildman–Crippen LogP) is 3.18. The van der Waals surface area contributed by atoms with Crippen molar-refractivity contribution in [1.82, 2.24) is 5.32 Å². The monoisotopic (exact) mass is 314 g/mol. The van der Waals surface area contributed by atoms with Crippen molar-refractivity contribution in [2.24, 2.45) is 0 Å². The van der Waals surface area contributed by atoms with Crippen molar-refractivity contribution < 1.29 is 14.5 Å². The fourth-order valence-electron chi connectivity index (χ4n) is 1.64. The lowest BCUT2D eigenvalue weighted by Crippen LogP contribution is -2.24. The number of benzene rings is 1. The highest BCUT2D eigenvalue weighted by molar-refractivity contribution is 6.32. The summed E-state index contributed by atoms with van der Waals surface area (Å²) in [5.74, 6) is -0.348. The lowest BCUT2D eigenvalue weighted by atomic mass is 10.2. The molecule has 0 saturated heterocycles. The van der Waals surface area contributed by atoms with Gasteiger partial charge in [-0.2, -0.15) is 0 Å². The van der Waals surface area contributed by atoms with Gasteiger partial charge >= 0.3 is 0 Å². The molecule has 0 aliphatic heterocycles. The SMILES string of the molecule is CC(C)OCCCCNC(=O)c1ccc(Cl)c([N+](=O)[O-])c1. The Balaban J connectivity index is 2.42. The topological polar surface area (TPSA) is 81.5 Å². The third-order valence-electron chi connectivity index (χ3n) is 2.71. The molecule has 1 amide bonds. The van der Waals surface area contributed by atoms with Crippen LogP contribution in [0.5, 0.6) is 0 Å². The molecule has 0 aromatic heterocycles. The van der Waals surface area contributed by atoms with E-state index in [4.69, 9.17) is 16.3 Å². The third kappa shape index (κ3) is 6.10. The molecule has 0 spiro atoms. The van der Waals surface area contributed by atoms with Crippen LogP contribution in [-0.4, -0.2) is 30.1 Å². The molecule has 0 atom stereocenters. The lowest BCUT2D eigenvalue weighted by molar-refractivity contribution is -0.384. The van der Waals surface area contributed by atoms with E-state index in [1.165, 1.54) is 18.2 Å². The summed E-state index contributed by atoms with van der Waals surface area (Å²) in [5, 5.41) is 13.5. The molecule has 1 rings (SSSR count). The largest absolute Gasteiger partial charge is 0.379 e. The van der Waals surface area contributed by atoms with Crippen LogP contribution >= 0.6 is 11.6 Å². The van der Waals surface area contributed by atoms with Gasteiger partial charge < -0.3 is 10.1 Å². The molecule has 6 nitrogen and oxygen atoms in total. The molecule has 0 unspecified atom stereocenters. The number of nitrogens with zero attached hydrogens (tertiary/aromatic N) is 1. The average Bonchev–Trinajstić information content (AvgIpc) is 2.42. The number of hydrogen-bond donors (Lipinski definition) is 1. The van der Waals surface area contributed by atoms with Crippen molar-refractivity contribution in [2.75, 3.05) is 13.2 Å². The average molecular weight is 315 g/mol. The van der Waals surface area contributed by atoms with Crippen LogP contribution in [0.4, 0.5) is 5.69 Å². The molecule has 0 aliphatic carbocycles. The standard InChI is InChI=1S/C14H19ClN2O4/c1-10(2)21-8-4-3-7-16-14(18)11-5-6-12(15)13(9-11)17(19)20/h5-6,9-10H,3-4,7-8H2,1-2H3,(H,16,18). The minimum atomic E-state index is -0.609. The molecular formula is C14H19ClN2O4. The van der Waals surface area contributed by atoms with Gasteiger partial charge in [-0.25, -0.2) is 0 Å². The summed E-state index contributed by atoms with van der Waals surface area (Å²) in [7, 11) is 0. The first-order chi connectivity index (χ1) is 9.91. The van der Waals surface area contributed by atoms with E-state index in [1.54, 1.807) is 0 Å². The van der Waals surface area contributed by atoms with Crippen molar-refractivity contribution in [1.29, 1.82) is 0 Å². The Kier molecular flexibility index (Phi) is 7.11. The number of amides is 1. The predicted molar refractivity (Wildman–Crippen MR) is 80.8 cm³/mol. The number of halogens is 1. The van der Waals surface area contributed by atoms with Gasteiger partial charge in [-0.05, 0) is 38.8 Å². The summed E-state index contributed by atoms with van der Waals surface area (Å²) < 4.78 is 5.39. The number of carbonyl (C=O) groups excluding carboxylic acids is 1. The molecule has 7 heteroatoms. The van der Waals surface area contributed by atoms with Crippen LogP contribution in [0.2, 0.25) is 5.02 Å². The van der Waals surface area contributed by atoms with E-state index >= 15 is 0 Å². The zero-order valence-electron chi connectivity index (χ0n) is 12.1. The first kappa shape index (κ1) is 17.4. The summed E-state index contributed by atoms with van der Waals surface area (Å²) in [6, 6.07) is 4.00. The van der Waals surface area contributed by atoms with Crippen LogP contribution in [-0.2, 0) is 4.74 Å². The number of nitro benzene ring substituents is 1. The van der Waals surface area contributed by atoms with E-state index in [2.05, 4.69) is 5.32 Å². The summed E-state index contributed by atoms with van der Waals surface area (Å²) >= 11 is 5.70. The molecule has 0 aliphatic rings. The Morgan fingerprint density at radius 1 is 1.43 bits per heavy atom. The normalized spacial score (nSPS) is 10.7. The van der Waals surface area contributed by atoms with Gasteiger partial charge in [-0.3, -0.25) is 14.9 Å². The Bertz CT molecular complexity index is 506. The number of unbranched alkanes of at least 4 members (excludes halogenated alkanes) is 1. The number of ether oxygens (including phenoxy) is 1. The fourth-order valence-corrected chi connectivity index (χ4v) is 1.83. The van der Waals surface area contributed by atoms with Crippen LogP contribution < -0.4 is 5.32 Å². The van der Waals surface area contributed by atoms with E-state index in [0.29, 0.717) is 13.2 Å². The van der Waals surface area contributed by atoms with Gasteiger partial charge in [0, 0.05) is 24.8 Å². The van der Waals surface area contributed by atoms with Gasteiger partial charge in [-0.15, -0.1) is 0 Å². The molecule has 1 aromatic rings. The molecule has 0 radical (unpaired) electrons. The van der Waals surface area contributed by atoms with Gasteiger partial charge in [0.15, 0.2) is 0 Å². The molecule has 0 heterocycles. The zero-order chi connectivity index (χ0) is 15.8. The maximum Gasteiger partial charge on any atom is 0.288 e. The molecular weight excluding hydrogens is 296 g/mol. The van der Waals surface area contributed by atoms with Gasteiger partial charge in [-0.1, -0.05) is 11.6 Å². The second-order valence-electron chi connectivity index (χ2n) is 4.81. The molecule has 0 fully saturated rings. The van der Waals surface area contributed by atoms with Gasteiger partial charge in [0.25, 0.3) is 11.6 Å². The highest BCUT2D eigenvalue weighted by Gasteiger charge is 2.15. The van der Waals surface area contributed by atoms with Gasteiger partial charge in [0.05, 0.1) is 11.0 Å². The molecule has 1 N–H and O–H groups in total. The molecule has 1 aromatic carbocycles. The van der Waals surface area contributed by atoms with E-state index in [9.17, 15) is 14.9 Å². The minimum absolute atomic E-state index is 0.0161. The number of nitro groups is 1. The second-order valence-corrected chi connectivity index (χ2v) is 5.21. The van der Waals surface area contributed by atoms with E-state index in [-0.39, 0.29) is 28.3 Å². The number of rotatable bonds is 8. The number of hydrogen-bond acceptors (Lipinski definition) is 4. The van der Waals surface area contributed by atoms with Crippen molar-refractivity contribution in [3.8, 4) is 0 Å². The summed E-state index contributed by atoms with van der Waals surface area (Å²) in [4.78, 5) is 22.0. The van der Waals surface area contributed by atoms with Crippen LogP contribution in [0.15, 0.2) is 18.2 Å². The van der Waals surface area contributed by atoms with Crippen LogP contribution in [0, 0.1) is 10.1 Å². The zero-order valence-corrected chi connectivity index (χ0v) is 12.9. The summed E-state index contributed by atoms with van der Waals surface area (Å²) in [6.07, 6.45) is 1.84. The Hall–Kier alpha value is -1.66. The highest BCUT2D eigenvalue weighted by Crippen LogP contribution is 2.24. The van der Waals surface area contributed by atoms with Crippen LogP contribution in [0.1, 0.15) is 37.0 Å². The molecule has 0 bridgehead atoms. The lowest BCUT2D eigenvalue weighted by Gasteiger charge is -2.08. The molecule has 0 saturated carbocycles. The van der Waals surface area contributed by atoms with Gasteiger partial charge in [0.2, 0.25) is 0 Å². The van der Waals surface area contributed by atoms with Crippen molar-refractivity contribution in [3.63, 3.8) is 0 Å². The second kappa shape index (κ2) is 8.59. The third-order valence-corrected chi connectivity index (χ3v) is 3.03. The number of nitrogens with one attached hydrogen (secondary N) is 1. The molecule has 116 valence electrons.